The lowest BCUT2D eigenvalue weighted by molar-refractivity contribution is 0.102. The van der Waals surface area contributed by atoms with Gasteiger partial charge in [-0.3, -0.25) is 9.78 Å². The van der Waals surface area contributed by atoms with Crippen molar-refractivity contribution in [1.82, 2.24) is 4.98 Å². The van der Waals surface area contributed by atoms with Crippen LogP contribution in [0.3, 0.4) is 0 Å². The molecule has 0 aliphatic carbocycles. The third-order valence-electron chi connectivity index (χ3n) is 2.77. The highest BCUT2D eigenvalue weighted by molar-refractivity contribution is 6.03. The summed E-state index contributed by atoms with van der Waals surface area (Å²) in [6.45, 7) is 2.77. The van der Waals surface area contributed by atoms with Gasteiger partial charge in [0.25, 0.3) is 5.91 Å². The molecule has 0 saturated carbocycles. The zero-order valence-electron chi connectivity index (χ0n) is 11.5. The second-order valence-corrected chi connectivity index (χ2v) is 4.41. The van der Waals surface area contributed by atoms with E-state index in [2.05, 4.69) is 15.6 Å². The average Bonchev–Trinajstić information content (AvgIpc) is 2.49. The first-order valence-corrected chi connectivity index (χ1v) is 6.57. The molecule has 0 aliphatic rings. The van der Waals surface area contributed by atoms with Gasteiger partial charge in [0.2, 0.25) is 0 Å². The van der Waals surface area contributed by atoms with Crippen molar-refractivity contribution in [1.29, 1.82) is 0 Å². The van der Waals surface area contributed by atoms with Gasteiger partial charge in [-0.2, -0.15) is 0 Å². The molecule has 6 heteroatoms. The predicted octanol–water partition coefficient (Wildman–Crippen LogP) is 3.43. The minimum Gasteiger partial charge on any atom is -0.385 e. The number of carbonyl (C=O) groups excluding carboxylic acids is 1. The maximum absolute atomic E-state index is 13.5. The number of rotatable bonds is 5. The quantitative estimate of drug-likeness (QED) is 0.887. The Kier molecular flexibility index (Phi) is 4.81. The number of hydrogen-bond donors (Lipinski definition) is 2. The van der Waals surface area contributed by atoms with Crippen LogP contribution >= 0.6 is 0 Å². The third kappa shape index (κ3) is 3.75. The first-order valence-electron chi connectivity index (χ1n) is 6.57. The van der Waals surface area contributed by atoms with Crippen LogP contribution in [-0.4, -0.2) is 17.4 Å². The molecule has 0 saturated heterocycles. The number of nitrogens with one attached hydrogen (secondary N) is 2. The Morgan fingerprint density at radius 2 is 1.95 bits per heavy atom. The topological polar surface area (TPSA) is 54.0 Å². The number of para-hydroxylation sites is 1. The molecule has 1 aromatic carbocycles. The summed E-state index contributed by atoms with van der Waals surface area (Å²) in [7, 11) is 0. The monoisotopic (exact) mass is 291 g/mol. The summed E-state index contributed by atoms with van der Waals surface area (Å²) in [5, 5.41) is 5.31. The standard InChI is InChI=1S/C15H15F2N3O/c1-2-7-18-10-6-8-19-13(9-10)15(21)20-14-11(16)4-3-5-12(14)17/h3-6,8-9H,2,7H2,1H3,(H,18,19)(H,20,21). The second kappa shape index (κ2) is 6.78. The van der Waals surface area contributed by atoms with Gasteiger partial charge in [0.1, 0.15) is 23.0 Å². The van der Waals surface area contributed by atoms with Gasteiger partial charge in [-0.05, 0) is 30.7 Å². The van der Waals surface area contributed by atoms with Crippen molar-refractivity contribution in [3.8, 4) is 0 Å². The van der Waals surface area contributed by atoms with Crippen LogP contribution in [0, 0.1) is 11.6 Å². The fourth-order valence-corrected chi connectivity index (χ4v) is 1.73. The molecule has 2 N–H and O–H groups in total. The van der Waals surface area contributed by atoms with E-state index < -0.39 is 23.2 Å². The summed E-state index contributed by atoms with van der Waals surface area (Å²) in [5.74, 6) is -2.33. The molecule has 1 heterocycles. The van der Waals surface area contributed by atoms with E-state index >= 15 is 0 Å². The normalized spacial score (nSPS) is 10.2. The Balaban J connectivity index is 2.17. The van der Waals surface area contributed by atoms with E-state index in [9.17, 15) is 13.6 Å². The number of anilines is 2. The molecule has 0 unspecified atom stereocenters. The number of nitrogens with zero attached hydrogens (tertiary/aromatic N) is 1. The summed E-state index contributed by atoms with van der Waals surface area (Å²) in [6.07, 6.45) is 2.40. The number of amides is 1. The van der Waals surface area contributed by atoms with Crippen LogP contribution in [0.4, 0.5) is 20.2 Å². The average molecular weight is 291 g/mol. The lowest BCUT2D eigenvalue weighted by atomic mass is 10.2. The van der Waals surface area contributed by atoms with Crippen LogP contribution in [0.2, 0.25) is 0 Å². The number of benzene rings is 1. The smallest absolute Gasteiger partial charge is 0.274 e. The number of halogens is 2. The molecule has 0 atom stereocenters. The van der Waals surface area contributed by atoms with Gasteiger partial charge in [0.05, 0.1) is 0 Å². The number of pyridine rings is 1. The number of hydrogen-bond acceptors (Lipinski definition) is 3. The largest absolute Gasteiger partial charge is 0.385 e. The fraction of sp³-hybridized carbons (Fsp3) is 0.200. The fourth-order valence-electron chi connectivity index (χ4n) is 1.73. The summed E-state index contributed by atoms with van der Waals surface area (Å²) in [5.41, 5.74) is 0.334. The van der Waals surface area contributed by atoms with Crippen molar-refractivity contribution < 1.29 is 13.6 Å². The molecule has 110 valence electrons. The number of aromatic nitrogens is 1. The minimum absolute atomic E-state index is 0.0822. The molecule has 1 aromatic heterocycles. The molecule has 4 nitrogen and oxygen atoms in total. The zero-order valence-corrected chi connectivity index (χ0v) is 11.5. The second-order valence-electron chi connectivity index (χ2n) is 4.41. The van der Waals surface area contributed by atoms with Crippen molar-refractivity contribution in [2.45, 2.75) is 13.3 Å². The van der Waals surface area contributed by atoms with Crippen molar-refractivity contribution in [3.63, 3.8) is 0 Å². The molecular formula is C15H15F2N3O. The summed E-state index contributed by atoms with van der Waals surface area (Å²) in [4.78, 5) is 15.9. The Labute approximate surface area is 121 Å². The third-order valence-corrected chi connectivity index (χ3v) is 2.77. The van der Waals surface area contributed by atoms with Crippen LogP contribution in [0.1, 0.15) is 23.8 Å². The van der Waals surface area contributed by atoms with Crippen LogP contribution in [0.5, 0.6) is 0 Å². The summed E-state index contributed by atoms with van der Waals surface area (Å²) in [6, 6.07) is 6.63. The van der Waals surface area contributed by atoms with Crippen LogP contribution < -0.4 is 10.6 Å². The Morgan fingerprint density at radius 1 is 1.24 bits per heavy atom. The van der Waals surface area contributed by atoms with Crippen LogP contribution in [-0.2, 0) is 0 Å². The molecular weight excluding hydrogens is 276 g/mol. The van der Waals surface area contributed by atoms with Gasteiger partial charge in [0.15, 0.2) is 0 Å². The van der Waals surface area contributed by atoms with Gasteiger partial charge in [0, 0.05) is 18.4 Å². The molecule has 1 amide bonds. The van der Waals surface area contributed by atoms with Gasteiger partial charge >= 0.3 is 0 Å². The van der Waals surface area contributed by atoms with Crippen molar-refractivity contribution in [3.05, 3.63) is 53.9 Å². The van der Waals surface area contributed by atoms with Crippen LogP contribution in [0.15, 0.2) is 36.5 Å². The highest BCUT2D eigenvalue weighted by atomic mass is 19.1. The molecule has 2 aromatic rings. The molecule has 0 radical (unpaired) electrons. The van der Waals surface area contributed by atoms with Gasteiger partial charge in [-0.25, -0.2) is 8.78 Å². The Hall–Kier alpha value is -2.50. The highest BCUT2D eigenvalue weighted by Crippen LogP contribution is 2.19. The Morgan fingerprint density at radius 3 is 2.62 bits per heavy atom. The SMILES string of the molecule is CCCNc1ccnc(C(=O)Nc2c(F)cccc2F)c1. The van der Waals surface area contributed by atoms with Gasteiger partial charge in [-0.1, -0.05) is 13.0 Å². The maximum Gasteiger partial charge on any atom is 0.274 e. The number of carbonyl (C=O) groups is 1. The molecule has 0 bridgehead atoms. The molecule has 2 rings (SSSR count). The zero-order chi connectivity index (χ0) is 15.2. The van der Waals surface area contributed by atoms with Crippen molar-refractivity contribution >= 4 is 17.3 Å². The molecule has 0 fully saturated rings. The predicted molar refractivity (Wildman–Crippen MR) is 77.3 cm³/mol. The molecule has 0 aliphatic heterocycles. The molecule has 21 heavy (non-hydrogen) atoms. The minimum atomic E-state index is -0.830. The lowest BCUT2D eigenvalue weighted by Gasteiger charge is -2.09. The van der Waals surface area contributed by atoms with Gasteiger partial charge < -0.3 is 10.6 Å². The molecule has 0 spiro atoms. The van der Waals surface area contributed by atoms with Crippen molar-refractivity contribution in [2.75, 3.05) is 17.2 Å². The van der Waals surface area contributed by atoms with E-state index in [1.54, 1.807) is 6.07 Å². The maximum atomic E-state index is 13.5. The van der Waals surface area contributed by atoms with Crippen LogP contribution in [0.25, 0.3) is 0 Å². The van der Waals surface area contributed by atoms with E-state index in [-0.39, 0.29) is 5.69 Å². The van der Waals surface area contributed by atoms with E-state index in [0.717, 1.165) is 30.8 Å². The first kappa shape index (κ1) is 14.9. The van der Waals surface area contributed by atoms with E-state index in [1.165, 1.54) is 18.3 Å². The van der Waals surface area contributed by atoms with E-state index in [4.69, 9.17) is 0 Å². The van der Waals surface area contributed by atoms with Crippen molar-refractivity contribution in [2.24, 2.45) is 0 Å². The van der Waals surface area contributed by atoms with E-state index in [1.807, 2.05) is 6.92 Å². The highest BCUT2D eigenvalue weighted by Gasteiger charge is 2.14. The van der Waals surface area contributed by atoms with Gasteiger partial charge in [-0.15, -0.1) is 0 Å². The van der Waals surface area contributed by atoms with E-state index in [0.29, 0.717) is 0 Å². The first-order chi connectivity index (χ1) is 10.1. The summed E-state index contributed by atoms with van der Waals surface area (Å²) >= 11 is 0. The lowest BCUT2D eigenvalue weighted by Crippen LogP contribution is -2.16. The Bertz CT molecular complexity index is 626. The summed E-state index contributed by atoms with van der Waals surface area (Å²) < 4.78 is 27.0.